The number of amides is 3. The van der Waals surface area contributed by atoms with Crippen LogP contribution in [-0.4, -0.2) is 28.4 Å². The maximum Gasteiger partial charge on any atom is 0.418 e. The first-order valence-electron chi connectivity index (χ1n) is 10.2. The second-order valence-electron chi connectivity index (χ2n) is 7.72. The van der Waals surface area contributed by atoms with Gasteiger partial charge in [0.1, 0.15) is 5.82 Å². The summed E-state index contributed by atoms with van der Waals surface area (Å²) in [6.07, 6.45) is -1.09. The minimum atomic E-state index is -2.10. The number of imide groups is 1. The maximum atomic E-state index is 13.6. The second-order valence-corrected chi connectivity index (χ2v) is 8.16. The predicted octanol–water partition coefficient (Wildman–Crippen LogP) is 5.14. The first-order valence-corrected chi connectivity index (χ1v) is 10.6. The molecule has 4 rings (SSSR count). The molecule has 6 nitrogen and oxygen atoms in total. The number of hydrogen-bond acceptors (Lipinski definition) is 4. The van der Waals surface area contributed by atoms with E-state index in [1.54, 1.807) is 61.5 Å². The largest absolute Gasteiger partial charge is 0.422 e. The van der Waals surface area contributed by atoms with E-state index in [0.717, 1.165) is 4.90 Å². The molecule has 33 heavy (non-hydrogen) atoms. The summed E-state index contributed by atoms with van der Waals surface area (Å²) in [6.45, 7) is 1.61. The van der Waals surface area contributed by atoms with Gasteiger partial charge in [-0.25, -0.2) is 14.1 Å². The summed E-state index contributed by atoms with van der Waals surface area (Å²) >= 11 is 5.91. The summed E-state index contributed by atoms with van der Waals surface area (Å²) in [7, 11) is 0. The van der Waals surface area contributed by atoms with E-state index >= 15 is 0 Å². The average molecular weight is 467 g/mol. The van der Waals surface area contributed by atoms with Gasteiger partial charge in [0, 0.05) is 17.1 Å². The molecule has 8 heteroatoms. The van der Waals surface area contributed by atoms with Gasteiger partial charge < -0.3 is 10.1 Å². The Balaban J connectivity index is 1.70. The first kappa shape index (κ1) is 22.5. The van der Waals surface area contributed by atoms with Gasteiger partial charge in [-0.2, -0.15) is 0 Å². The zero-order chi connectivity index (χ0) is 23.6. The molecule has 1 heterocycles. The third-order valence-corrected chi connectivity index (χ3v) is 5.78. The third-order valence-electron chi connectivity index (χ3n) is 5.53. The van der Waals surface area contributed by atoms with E-state index in [4.69, 9.17) is 16.3 Å². The Morgan fingerprint density at radius 1 is 1.03 bits per heavy atom. The van der Waals surface area contributed by atoms with Crippen molar-refractivity contribution in [2.45, 2.75) is 25.0 Å². The fourth-order valence-electron chi connectivity index (χ4n) is 3.73. The van der Waals surface area contributed by atoms with Gasteiger partial charge >= 0.3 is 6.09 Å². The number of benzene rings is 3. The van der Waals surface area contributed by atoms with Crippen molar-refractivity contribution >= 4 is 35.2 Å². The number of halogens is 2. The van der Waals surface area contributed by atoms with E-state index < -0.39 is 35.4 Å². The molecule has 1 fully saturated rings. The molecule has 3 amide bonds. The van der Waals surface area contributed by atoms with E-state index in [1.165, 1.54) is 24.3 Å². The first-order chi connectivity index (χ1) is 15.8. The molecule has 0 bridgehead atoms. The molecule has 168 valence electrons. The zero-order valence-electron chi connectivity index (χ0n) is 17.6. The molecule has 0 aliphatic carbocycles. The van der Waals surface area contributed by atoms with Gasteiger partial charge in [0.05, 0.1) is 6.04 Å². The van der Waals surface area contributed by atoms with Crippen molar-refractivity contribution in [1.29, 1.82) is 0 Å². The summed E-state index contributed by atoms with van der Waals surface area (Å²) < 4.78 is 18.9. The molecular formula is C25H20ClFN2O4. The third kappa shape index (κ3) is 4.45. The number of carbonyl (C=O) groups excluding carboxylic acids is 3. The lowest BCUT2D eigenvalue weighted by Crippen LogP contribution is -2.52. The normalized spacial score (nSPS) is 18.7. The van der Waals surface area contributed by atoms with Crippen molar-refractivity contribution in [3.8, 4) is 0 Å². The van der Waals surface area contributed by atoms with Crippen LogP contribution in [0, 0.1) is 5.82 Å². The minimum absolute atomic E-state index is 0.148. The van der Waals surface area contributed by atoms with Crippen LogP contribution in [0.5, 0.6) is 0 Å². The van der Waals surface area contributed by atoms with Crippen molar-refractivity contribution in [2.75, 3.05) is 5.32 Å². The van der Waals surface area contributed by atoms with Crippen molar-refractivity contribution in [1.82, 2.24) is 4.90 Å². The van der Waals surface area contributed by atoms with Crippen molar-refractivity contribution in [2.24, 2.45) is 0 Å². The molecule has 0 saturated carbocycles. The van der Waals surface area contributed by atoms with Gasteiger partial charge in [-0.3, -0.25) is 9.59 Å². The summed E-state index contributed by atoms with van der Waals surface area (Å²) in [5.41, 5.74) is -0.547. The minimum Gasteiger partial charge on any atom is -0.422 e. The van der Waals surface area contributed by atoms with Crippen LogP contribution in [0.15, 0.2) is 78.9 Å². The van der Waals surface area contributed by atoms with Crippen LogP contribution in [0.1, 0.15) is 24.1 Å². The average Bonchev–Trinajstić information content (AvgIpc) is 3.06. The number of cyclic esters (lactones) is 1. The SMILES string of the molecule is C[C@H](c1ccc(F)cc1)N1C(=O)OC(Cc2ccccc2)(C(=O)Nc2ccc(Cl)cc2)C1=O. The molecule has 1 N–H and O–H groups in total. The molecule has 0 aromatic heterocycles. The lowest BCUT2D eigenvalue weighted by atomic mass is 9.91. The number of anilines is 1. The predicted molar refractivity (Wildman–Crippen MR) is 121 cm³/mol. The molecule has 1 saturated heterocycles. The van der Waals surface area contributed by atoms with Gasteiger partial charge in [-0.15, -0.1) is 0 Å². The number of nitrogens with zero attached hydrogens (tertiary/aromatic N) is 1. The Kier molecular flexibility index (Phi) is 6.16. The van der Waals surface area contributed by atoms with Crippen molar-refractivity contribution in [3.63, 3.8) is 0 Å². The van der Waals surface area contributed by atoms with Crippen LogP contribution in [0.2, 0.25) is 5.02 Å². The van der Waals surface area contributed by atoms with Crippen LogP contribution in [0.25, 0.3) is 0 Å². The molecule has 3 aromatic rings. The van der Waals surface area contributed by atoms with Crippen LogP contribution >= 0.6 is 11.6 Å². The highest BCUT2D eigenvalue weighted by atomic mass is 35.5. The standard InChI is InChI=1S/C25H20ClFN2O4/c1-16(18-7-11-20(27)12-8-18)29-23(31)25(33-24(29)32,15-17-5-3-2-4-6-17)22(30)28-21-13-9-19(26)10-14-21/h2-14,16H,15H2,1H3,(H,28,30)/t16-,25?/m1/s1. The quantitative estimate of drug-likeness (QED) is 0.510. The number of hydrogen-bond donors (Lipinski definition) is 1. The van der Waals surface area contributed by atoms with Gasteiger partial charge in [-0.05, 0) is 54.4 Å². The molecule has 3 aromatic carbocycles. The lowest BCUT2D eigenvalue weighted by molar-refractivity contribution is -0.147. The highest BCUT2D eigenvalue weighted by molar-refractivity contribution is 6.30. The van der Waals surface area contributed by atoms with Gasteiger partial charge in [0.2, 0.25) is 0 Å². The van der Waals surface area contributed by atoms with E-state index in [0.29, 0.717) is 21.8 Å². The molecule has 1 aliphatic heterocycles. The second kappa shape index (κ2) is 9.03. The van der Waals surface area contributed by atoms with Gasteiger partial charge in [0.15, 0.2) is 0 Å². The zero-order valence-corrected chi connectivity index (χ0v) is 18.4. The maximum absolute atomic E-state index is 13.6. The summed E-state index contributed by atoms with van der Waals surface area (Å²) in [4.78, 5) is 40.8. The van der Waals surface area contributed by atoms with Crippen LogP contribution in [-0.2, 0) is 20.7 Å². The summed E-state index contributed by atoms with van der Waals surface area (Å²) in [5, 5.41) is 3.14. The highest BCUT2D eigenvalue weighted by Crippen LogP contribution is 2.35. The molecule has 0 spiro atoms. The fraction of sp³-hybridized carbons (Fsp3) is 0.160. The fourth-order valence-corrected chi connectivity index (χ4v) is 3.85. The number of nitrogens with one attached hydrogen (secondary N) is 1. The van der Waals surface area contributed by atoms with Crippen LogP contribution in [0.4, 0.5) is 14.9 Å². The Labute approximate surface area is 194 Å². The van der Waals surface area contributed by atoms with Gasteiger partial charge in [-0.1, -0.05) is 54.1 Å². The number of ether oxygens (including phenoxy) is 1. The molecule has 1 unspecified atom stereocenters. The molecule has 2 atom stereocenters. The Hall–Kier alpha value is -3.71. The van der Waals surface area contributed by atoms with Crippen LogP contribution < -0.4 is 5.32 Å². The monoisotopic (exact) mass is 466 g/mol. The molecular weight excluding hydrogens is 447 g/mol. The molecule has 0 radical (unpaired) electrons. The molecule has 1 aliphatic rings. The van der Waals surface area contributed by atoms with Crippen molar-refractivity contribution < 1.29 is 23.5 Å². The number of rotatable bonds is 6. The van der Waals surface area contributed by atoms with Crippen molar-refractivity contribution in [3.05, 3.63) is 101 Å². The van der Waals surface area contributed by atoms with E-state index in [-0.39, 0.29) is 6.42 Å². The van der Waals surface area contributed by atoms with Crippen LogP contribution in [0.3, 0.4) is 0 Å². The van der Waals surface area contributed by atoms with E-state index in [2.05, 4.69) is 5.32 Å². The summed E-state index contributed by atoms with van der Waals surface area (Å²) in [5.74, 6) is -2.01. The Bertz CT molecular complexity index is 1190. The summed E-state index contributed by atoms with van der Waals surface area (Å²) in [6, 6.07) is 19.8. The van der Waals surface area contributed by atoms with Gasteiger partial charge in [0.25, 0.3) is 17.4 Å². The van der Waals surface area contributed by atoms with E-state index in [9.17, 15) is 18.8 Å². The topological polar surface area (TPSA) is 75.7 Å². The lowest BCUT2D eigenvalue weighted by Gasteiger charge is -2.25. The Morgan fingerprint density at radius 2 is 1.67 bits per heavy atom. The number of carbonyl (C=O) groups is 3. The smallest absolute Gasteiger partial charge is 0.418 e. The highest BCUT2D eigenvalue weighted by Gasteiger charge is 2.60. The van der Waals surface area contributed by atoms with E-state index in [1.807, 2.05) is 0 Å². The Morgan fingerprint density at radius 3 is 2.30 bits per heavy atom.